The van der Waals surface area contributed by atoms with Gasteiger partial charge in [-0.15, -0.1) is 0 Å². The number of unbranched alkanes of at least 4 members (excludes halogenated alkanes) is 1. The van der Waals surface area contributed by atoms with Crippen LogP contribution in [0.25, 0.3) is 22.2 Å². The fraction of sp³-hybridized carbons (Fsp3) is 0.386. The number of ketones is 2. The van der Waals surface area contributed by atoms with E-state index in [1.807, 2.05) is 54.7 Å². The van der Waals surface area contributed by atoms with Gasteiger partial charge >= 0.3 is 6.18 Å². The van der Waals surface area contributed by atoms with E-state index < -0.39 is 29.9 Å². The maximum Gasteiger partial charge on any atom is 0.433 e. The van der Waals surface area contributed by atoms with Crippen molar-refractivity contribution < 1.29 is 27.6 Å². The molecule has 0 aliphatic carbocycles. The summed E-state index contributed by atoms with van der Waals surface area (Å²) in [5.74, 6) is -1.36. The maximum atomic E-state index is 14.7. The Kier molecular flexibility index (Phi) is 15.0. The molecular weight excluding hydrogens is 799 g/mol. The summed E-state index contributed by atoms with van der Waals surface area (Å²) in [5, 5.41) is 4.60. The van der Waals surface area contributed by atoms with Gasteiger partial charge in [0.15, 0.2) is 11.6 Å². The van der Waals surface area contributed by atoms with Gasteiger partial charge in [0.1, 0.15) is 5.69 Å². The second-order valence-electron chi connectivity index (χ2n) is 14.9. The largest absolute Gasteiger partial charge is 0.433 e. The summed E-state index contributed by atoms with van der Waals surface area (Å²) in [6.07, 6.45) is 2.62. The normalized spacial score (nSPS) is 18.8. The summed E-state index contributed by atoms with van der Waals surface area (Å²) < 4.78 is 41.8. The predicted molar refractivity (Wildman–Crippen MR) is 225 cm³/mol. The average molecular weight is 848 g/mol. The van der Waals surface area contributed by atoms with E-state index in [1.54, 1.807) is 7.05 Å². The number of pyridine rings is 2. The van der Waals surface area contributed by atoms with Gasteiger partial charge in [0.05, 0.1) is 22.8 Å². The lowest BCUT2D eigenvalue weighted by Crippen LogP contribution is -2.47. The molecule has 0 unspecified atom stereocenters. The number of rotatable bonds is 10. The molecule has 15 heteroatoms. The number of alkyl halides is 3. The van der Waals surface area contributed by atoms with E-state index in [2.05, 4.69) is 20.3 Å². The number of nitrogens with one attached hydrogen (secondary N) is 2. The number of aromatic amines is 1. The van der Waals surface area contributed by atoms with Crippen LogP contribution in [0.5, 0.6) is 0 Å². The molecule has 1 aliphatic heterocycles. The minimum atomic E-state index is -4.70. The van der Waals surface area contributed by atoms with Crippen molar-refractivity contribution in [1.82, 2.24) is 25.2 Å². The molecule has 59 heavy (non-hydrogen) atoms. The van der Waals surface area contributed by atoms with Crippen molar-refractivity contribution in [2.75, 3.05) is 20.1 Å². The van der Waals surface area contributed by atoms with Crippen molar-refractivity contribution in [2.45, 2.75) is 92.4 Å². The number of benzene rings is 2. The summed E-state index contributed by atoms with van der Waals surface area (Å²) in [6, 6.07) is 16.1. The lowest BCUT2D eigenvalue weighted by Gasteiger charge is -2.31. The molecule has 0 bridgehead atoms. The molecule has 6 rings (SSSR count). The third-order valence-electron chi connectivity index (χ3n) is 10.9. The van der Waals surface area contributed by atoms with E-state index in [1.165, 1.54) is 28.9 Å². The monoisotopic (exact) mass is 847 g/mol. The summed E-state index contributed by atoms with van der Waals surface area (Å²) in [5.41, 5.74) is 14.2. The molecule has 4 heterocycles. The zero-order valence-electron chi connectivity index (χ0n) is 32.9. The first kappa shape index (κ1) is 44.0. The molecule has 10 nitrogen and oxygen atoms in total. The van der Waals surface area contributed by atoms with Gasteiger partial charge in [0.25, 0.3) is 0 Å². The molecule has 1 aliphatic rings. The zero-order valence-corrected chi connectivity index (χ0v) is 34.4. The Bertz CT molecular complexity index is 2270. The number of H-pyrrole nitrogens is 1. The van der Waals surface area contributed by atoms with Gasteiger partial charge in [-0.1, -0.05) is 66.2 Å². The summed E-state index contributed by atoms with van der Waals surface area (Å²) in [6.45, 7) is 1.08. The van der Waals surface area contributed by atoms with Gasteiger partial charge in [-0.3, -0.25) is 24.4 Å². The van der Waals surface area contributed by atoms with E-state index in [4.69, 9.17) is 23.1 Å². The third kappa shape index (κ3) is 10.8. The van der Waals surface area contributed by atoms with E-state index in [9.17, 15) is 27.6 Å². The highest BCUT2D eigenvalue weighted by Crippen LogP contribution is 2.43. The predicted octanol–water partition coefficient (Wildman–Crippen LogP) is 7.93. The van der Waals surface area contributed by atoms with Crippen molar-refractivity contribution in [3.63, 3.8) is 0 Å². The first-order valence-electron chi connectivity index (χ1n) is 19.9. The number of hydrogen-bond donors (Lipinski definition) is 4. The van der Waals surface area contributed by atoms with Crippen LogP contribution in [0.3, 0.4) is 0 Å². The van der Waals surface area contributed by atoms with Gasteiger partial charge in [-0.2, -0.15) is 13.2 Å². The van der Waals surface area contributed by atoms with Crippen molar-refractivity contribution in [3.8, 4) is 11.3 Å². The van der Waals surface area contributed by atoms with Crippen LogP contribution in [-0.4, -0.2) is 69.5 Å². The number of Topliss-reactive ketones (excluding diaryl/α,β-unsaturated/α-hetero) is 2. The Balaban J connectivity index is 1.49. The fourth-order valence-electron chi connectivity index (χ4n) is 7.65. The first-order chi connectivity index (χ1) is 28.4. The highest BCUT2D eigenvalue weighted by Gasteiger charge is 2.35. The fourth-order valence-corrected chi connectivity index (χ4v) is 9.18. The van der Waals surface area contributed by atoms with Gasteiger partial charge in [-0.25, -0.2) is 0 Å². The number of amides is 1. The summed E-state index contributed by atoms with van der Waals surface area (Å²) in [7, 11) is 1.62. The minimum Gasteiger partial charge on any atom is -0.361 e. The molecule has 1 amide bonds. The Morgan fingerprint density at radius 3 is 2.47 bits per heavy atom. The van der Waals surface area contributed by atoms with Crippen LogP contribution in [0.15, 0.2) is 89.0 Å². The van der Waals surface area contributed by atoms with E-state index in [-0.39, 0.29) is 66.0 Å². The van der Waals surface area contributed by atoms with Crippen molar-refractivity contribution >= 4 is 51.7 Å². The van der Waals surface area contributed by atoms with Gasteiger partial charge in [0.2, 0.25) is 5.91 Å². The van der Waals surface area contributed by atoms with Crippen LogP contribution >= 0.6 is 23.4 Å². The molecule has 0 fully saturated rings. The summed E-state index contributed by atoms with van der Waals surface area (Å²) in [4.78, 5) is 57.7. The van der Waals surface area contributed by atoms with Crippen LogP contribution in [0.4, 0.5) is 13.2 Å². The molecular formula is C44H49ClF3N7O3S. The Hall–Kier alpha value is -4.60. The van der Waals surface area contributed by atoms with E-state index >= 15 is 0 Å². The second-order valence-corrected chi connectivity index (χ2v) is 16.4. The first-order valence-corrected chi connectivity index (χ1v) is 21.1. The Morgan fingerprint density at radius 2 is 1.69 bits per heavy atom. The molecule has 2 aromatic carbocycles. The van der Waals surface area contributed by atoms with Crippen LogP contribution in [-0.2, 0) is 39.9 Å². The third-order valence-corrected chi connectivity index (χ3v) is 12.5. The number of nitrogens with zero attached hydrogens (tertiary/aromatic N) is 3. The molecule has 3 atom stereocenters. The maximum absolute atomic E-state index is 14.7. The molecule has 0 saturated carbocycles. The van der Waals surface area contributed by atoms with Gasteiger partial charge < -0.3 is 26.7 Å². The number of halogens is 4. The number of aromatic nitrogens is 3. The minimum absolute atomic E-state index is 0.0255. The topological polar surface area (TPSA) is 160 Å². The number of nitrogens with two attached hydrogens (primary N) is 2. The van der Waals surface area contributed by atoms with Crippen LogP contribution in [0.1, 0.15) is 67.3 Å². The lowest BCUT2D eigenvalue weighted by atomic mass is 9.89. The van der Waals surface area contributed by atoms with E-state index in [0.717, 1.165) is 39.2 Å². The van der Waals surface area contributed by atoms with E-state index in [0.29, 0.717) is 55.7 Å². The van der Waals surface area contributed by atoms with Crippen LogP contribution in [0, 0.1) is 5.92 Å². The Labute approximate surface area is 351 Å². The number of carbonyl (C=O) groups is 3. The highest BCUT2D eigenvalue weighted by atomic mass is 35.5. The van der Waals surface area contributed by atoms with Crippen LogP contribution < -0.4 is 16.8 Å². The standard InChI is InChI=1S/C44H49ClF3N7O3S/c1-55-36(21-30-25-52-34-12-4-3-11-31(30)34)37(56)16-15-32-33(45)26-54-41(27-17-20-51-40(23-27)44(46,47)48)42(32)59-39-14-5-2-10-29(39)24-53-35(13-8-19-50)38(57)22-28(43(55)58)9-6-7-18-49/h2-5,10-12,14,17,20,23,25-26,28,35-36,52-53H,6-9,13,15-16,18-19,21-22,24,49-50H2,1H3/t28-,35+,36+/m1/s1. The van der Waals surface area contributed by atoms with Crippen molar-refractivity contribution in [3.05, 3.63) is 107 Å². The second kappa shape index (κ2) is 20.1. The SMILES string of the molecule is CN1C(=O)[C@H](CCCCN)CC(=O)[C@H](CCCN)NCc2ccccc2Sc2c(-c3ccnc(C(F)(F)F)c3)ncc(Cl)c2CCC(=O)[C@@H]1Cc1c[nH]c2ccccc12. The molecule has 312 valence electrons. The van der Waals surface area contributed by atoms with Crippen LogP contribution in [0.2, 0.25) is 5.02 Å². The molecule has 3 aromatic heterocycles. The molecule has 6 N–H and O–H groups in total. The number of hydrogen-bond acceptors (Lipinski definition) is 9. The molecule has 0 saturated heterocycles. The number of para-hydroxylation sites is 1. The van der Waals surface area contributed by atoms with Crippen molar-refractivity contribution in [1.29, 1.82) is 0 Å². The van der Waals surface area contributed by atoms with Crippen molar-refractivity contribution in [2.24, 2.45) is 17.4 Å². The highest BCUT2D eigenvalue weighted by molar-refractivity contribution is 7.99. The van der Waals surface area contributed by atoms with Gasteiger partial charge in [-0.05, 0) is 86.1 Å². The molecule has 5 aromatic rings. The Morgan fingerprint density at radius 1 is 0.932 bits per heavy atom. The summed E-state index contributed by atoms with van der Waals surface area (Å²) >= 11 is 8.20. The number of carbonyl (C=O) groups excluding carboxylic acids is 3. The molecule has 0 radical (unpaired) electrons. The molecule has 0 spiro atoms. The number of fused-ring (bicyclic) bond motifs is 3. The lowest BCUT2D eigenvalue weighted by molar-refractivity contribution is -0.143. The van der Waals surface area contributed by atoms with Gasteiger partial charge in [0, 0.05) is 83.6 Å². The quantitative estimate of drug-likeness (QED) is 0.102. The average Bonchev–Trinajstić information content (AvgIpc) is 3.64. The smallest absolute Gasteiger partial charge is 0.361 e. The zero-order chi connectivity index (χ0) is 42.1. The number of likely N-dealkylation sites (N-methyl/N-ethyl adjacent to an activating group) is 1.